The highest BCUT2D eigenvalue weighted by atomic mass is 16.7. The Bertz CT molecular complexity index is 826. The Kier molecular flexibility index (Phi) is 3.63. The van der Waals surface area contributed by atoms with Gasteiger partial charge >= 0.3 is 5.97 Å². The predicted molar refractivity (Wildman–Crippen MR) is 92.9 cm³/mol. The van der Waals surface area contributed by atoms with Crippen LogP contribution in [0.2, 0.25) is 0 Å². The fourth-order valence-corrected chi connectivity index (χ4v) is 4.97. The van der Waals surface area contributed by atoms with Gasteiger partial charge in [0.1, 0.15) is 24.4 Å². The van der Waals surface area contributed by atoms with Crippen LogP contribution in [0.25, 0.3) is 0 Å². The molecule has 0 saturated carbocycles. The van der Waals surface area contributed by atoms with Crippen LogP contribution >= 0.6 is 0 Å². The van der Waals surface area contributed by atoms with Gasteiger partial charge in [-0.2, -0.15) is 0 Å². The van der Waals surface area contributed by atoms with Crippen LogP contribution in [-0.2, 0) is 28.5 Å². The molecule has 0 aliphatic carbocycles. The minimum atomic E-state index is -2.14. The quantitative estimate of drug-likeness (QED) is 0.479. The summed E-state index contributed by atoms with van der Waals surface area (Å²) in [6.45, 7) is 5.60. The van der Waals surface area contributed by atoms with Crippen molar-refractivity contribution in [3.63, 3.8) is 0 Å². The molecule has 0 aromatic heterocycles. The van der Waals surface area contributed by atoms with Gasteiger partial charge < -0.3 is 29.2 Å². The number of ketones is 1. The minimum Gasteiger partial charge on any atom is -0.457 e. The summed E-state index contributed by atoms with van der Waals surface area (Å²) in [5, 5.41) is 22.3. The fraction of sp³-hybridized carbons (Fsp3) is 0.700. The van der Waals surface area contributed by atoms with E-state index in [1.165, 1.54) is 19.1 Å². The third kappa shape index (κ3) is 2.35. The van der Waals surface area contributed by atoms with E-state index in [2.05, 4.69) is 0 Å². The first-order valence-corrected chi connectivity index (χ1v) is 9.61. The van der Waals surface area contributed by atoms with Crippen LogP contribution in [0, 0.1) is 5.92 Å². The molecule has 5 rings (SSSR count). The molecule has 8 heteroatoms. The molecule has 2 N–H and O–H groups in total. The standard InChI is InChI=1S/C20H24O8/c1-9-4-11(21)6-10(2)20(24)15(22)12(18(3)8-25-18)7-14(27-20)19-16(28-19)13(5-9)26-17(19)23/h4,6,12-16,22,24H,5,7-8H2,1-3H3/b9-4-,10-6-/t12-,13+,14-,15+,16+,18?,19+,20-/m0/s1. The number of esters is 1. The van der Waals surface area contributed by atoms with Gasteiger partial charge in [0.25, 0.3) is 0 Å². The van der Waals surface area contributed by atoms with Crippen molar-refractivity contribution in [1.29, 1.82) is 0 Å². The van der Waals surface area contributed by atoms with Crippen molar-refractivity contribution >= 4 is 11.8 Å². The van der Waals surface area contributed by atoms with E-state index in [4.69, 9.17) is 18.9 Å². The van der Waals surface area contributed by atoms with E-state index in [9.17, 15) is 19.8 Å². The van der Waals surface area contributed by atoms with Crippen LogP contribution < -0.4 is 0 Å². The van der Waals surface area contributed by atoms with Crippen molar-refractivity contribution in [1.82, 2.24) is 0 Å². The number of allylic oxidation sites excluding steroid dienone is 2. The second kappa shape index (κ2) is 5.52. The molecule has 5 aliphatic rings. The molecule has 4 bridgehead atoms. The van der Waals surface area contributed by atoms with Gasteiger partial charge in [-0.05, 0) is 44.9 Å². The van der Waals surface area contributed by atoms with Crippen molar-refractivity contribution < 1.29 is 38.7 Å². The van der Waals surface area contributed by atoms with E-state index in [1.807, 2.05) is 6.92 Å². The molecule has 1 unspecified atom stereocenters. The summed E-state index contributed by atoms with van der Waals surface area (Å²) in [5.41, 5.74) is -0.998. The smallest absolute Gasteiger partial charge is 0.344 e. The second-order valence-corrected chi connectivity index (χ2v) is 8.89. The van der Waals surface area contributed by atoms with Crippen LogP contribution in [0.4, 0.5) is 0 Å². The van der Waals surface area contributed by atoms with E-state index in [1.54, 1.807) is 6.92 Å². The average molecular weight is 392 g/mol. The lowest BCUT2D eigenvalue weighted by molar-refractivity contribution is -0.306. The number of ether oxygens (including phenoxy) is 4. The predicted octanol–water partition coefficient (Wildman–Crippen LogP) is 0.158. The molecule has 0 radical (unpaired) electrons. The Hall–Kier alpha value is -1.58. The number of aliphatic hydroxyl groups excluding tert-OH is 1. The van der Waals surface area contributed by atoms with Crippen LogP contribution in [0.15, 0.2) is 23.3 Å². The van der Waals surface area contributed by atoms with Gasteiger partial charge in [0.05, 0.1) is 12.2 Å². The molecule has 0 amide bonds. The number of aliphatic hydroxyl groups is 2. The number of epoxide rings is 2. The second-order valence-electron chi connectivity index (χ2n) is 8.89. The van der Waals surface area contributed by atoms with Crippen LogP contribution in [-0.4, -0.2) is 70.0 Å². The summed E-state index contributed by atoms with van der Waals surface area (Å²) in [4.78, 5) is 25.1. The number of rotatable bonds is 1. The van der Waals surface area contributed by atoms with Gasteiger partial charge in [0.2, 0.25) is 11.4 Å². The maximum Gasteiger partial charge on any atom is 0.344 e. The third-order valence-corrected chi connectivity index (χ3v) is 6.87. The summed E-state index contributed by atoms with van der Waals surface area (Å²) >= 11 is 0. The zero-order chi connectivity index (χ0) is 20.1. The lowest BCUT2D eigenvalue weighted by Crippen LogP contribution is -2.62. The zero-order valence-electron chi connectivity index (χ0n) is 16.0. The summed E-state index contributed by atoms with van der Waals surface area (Å²) in [7, 11) is 0. The average Bonchev–Trinajstić information content (AvgIpc) is 3.50. The van der Waals surface area contributed by atoms with Crippen molar-refractivity contribution in [3.8, 4) is 0 Å². The molecule has 28 heavy (non-hydrogen) atoms. The number of fused-ring (bicyclic) bond motifs is 2. The first kappa shape index (κ1) is 18.4. The highest BCUT2D eigenvalue weighted by Crippen LogP contribution is 2.57. The normalized spacial score (nSPS) is 56.2. The Balaban J connectivity index is 1.63. The van der Waals surface area contributed by atoms with Gasteiger partial charge in [-0.15, -0.1) is 0 Å². The Morgan fingerprint density at radius 3 is 2.54 bits per heavy atom. The third-order valence-electron chi connectivity index (χ3n) is 6.87. The number of carbonyl (C=O) groups excluding carboxylic acids is 2. The van der Waals surface area contributed by atoms with E-state index in [-0.39, 0.29) is 17.8 Å². The van der Waals surface area contributed by atoms with Crippen LogP contribution in [0.1, 0.15) is 33.6 Å². The van der Waals surface area contributed by atoms with Gasteiger partial charge in [0, 0.05) is 12.3 Å². The summed E-state index contributed by atoms with van der Waals surface area (Å²) < 4.78 is 22.8. The molecule has 8 atom stereocenters. The Labute approximate surface area is 162 Å². The van der Waals surface area contributed by atoms with Crippen molar-refractivity contribution in [2.24, 2.45) is 5.92 Å². The molecule has 152 valence electrons. The van der Waals surface area contributed by atoms with E-state index in [0.29, 0.717) is 13.0 Å². The highest BCUT2D eigenvalue weighted by molar-refractivity contribution is 6.00. The summed E-state index contributed by atoms with van der Waals surface area (Å²) in [5.74, 6) is -3.49. The maximum absolute atomic E-state index is 12.7. The first-order valence-electron chi connectivity index (χ1n) is 9.61. The number of carbonyl (C=O) groups is 2. The van der Waals surface area contributed by atoms with Gasteiger partial charge in [0.15, 0.2) is 5.78 Å². The molecule has 0 aromatic carbocycles. The van der Waals surface area contributed by atoms with E-state index in [0.717, 1.165) is 5.57 Å². The lowest BCUT2D eigenvalue weighted by Gasteiger charge is -2.47. The molecule has 5 aliphatic heterocycles. The lowest BCUT2D eigenvalue weighted by atomic mass is 9.74. The molecule has 0 spiro atoms. The SMILES string of the molecule is C/C1=C/C(=O)/C=C(/C)[C@]2(O)O[C@@H](C[C@H](C3(C)CO3)[C@H]2O)[C@@]23O[C@@H]2[C@@H](C1)OC3=O. The van der Waals surface area contributed by atoms with Gasteiger partial charge in [-0.3, -0.25) is 4.79 Å². The van der Waals surface area contributed by atoms with Crippen LogP contribution in [0.5, 0.6) is 0 Å². The van der Waals surface area contributed by atoms with E-state index < -0.39 is 53.3 Å². The fourth-order valence-electron chi connectivity index (χ4n) is 4.97. The van der Waals surface area contributed by atoms with E-state index >= 15 is 0 Å². The van der Waals surface area contributed by atoms with Crippen molar-refractivity contribution in [3.05, 3.63) is 23.3 Å². The number of hydrogen-bond acceptors (Lipinski definition) is 8. The Morgan fingerprint density at radius 2 is 1.89 bits per heavy atom. The minimum absolute atomic E-state index is 0.171. The van der Waals surface area contributed by atoms with Crippen molar-refractivity contribution in [2.45, 2.75) is 75.0 Å². The summed E-state index contributed by atoms with van der Waals surface area (Å²) in [6.07, 6.45) is 0.203. The molecule has 8 nitrogen and oxygen atoms in total. The molecule has 0 aromatic rings. The maximum atomic E-state index is 12.7. The van der Waals surface area contributed by atoms with Crippen molar-refractivity contribution in [2.75, 3.05) is 6.61 Å². The van der Waals surface area contributed by atoms with Gasteiger partial charge in [-0.1, -0.05) is 5.57 Å². The molecule has 5 heterocycles. The summed E-state index contributed by atoms with van der Waals surface area (Å²) in [6, 6.07) is 0. The topological polar surface area (TPSA) is 118 Å². The zero-order valence-corrected chi connectivity index (χ0v) is 16.0. The number of hydrogen-bond donors (Lipinski definition) is 2. The highest BCUT2D eigenvalue weighted by Gasteiger charge is 2.79. The molecule has 4 saturated heterocycles. The largest absolute Gasteiger partial charge is 0.457 e. The monoisotopic (exact) mass is 392 g/mol. The van der Waals surface area contributed by atoms with Crippen LogP contribution in [0.3, 0.4) is 0 Å². The Morgan fingerprint density at radius 1 is 1.18 bits per heavy atom. The first-order chi connectivity index (χ1) is 13.1. The molecule has 4 fully saturated rings. The molecular weight excluding hydrogens is 368 g/mol. The van der Waals surface area contributed by atoms with Gasteiger partial charge in [-0.25, -0.2) is 4.79 Å². The molecular formula is C20H24O8.